The maximum Gasteiger partial charge on any atom is 0.287 e. The van der Waals surface area contributed by atoms with Crippen molar-refractivity contribution >= 4 is 21.7 Å². The second kappa shape index (κ2) is 8.07. The highest BCUT2D eigenvalue weighted by atomic mass is 32.2. The highest BCUT2D eigenvalue weighted by Gasteiger charge is 2.31. The Kier molecular flexibility index (Phi) is 5.45. The fourth-order valence-corrected chi connectivity index (χ4v) is 4.61. The summed E-state index contributed by atoms with van der Waals surface area (Å²) in [6.45, 7) is 1.76. The Labute approximate surface area is 177 Å². The van der Waals surface area contributed by atoms with Gasteiger partial charge in [-0.05, 0) is 41.5 Å². The number of benzene rings is 3. The number of sulfonamides is 1. The Hall–Kier alpha value is -3.33. The first kappa shape index (κ1) is 20.9. The average molecular weight is 445 g/mol. The van der Waals surface area contributed by atoms with E-state index in [0.717, 1.165) is 12.1 Å². The maximum absolute atomic E-state index is 14.9. The van der Waals surface area contributed by atoms with Gasteiger partial charge in [-0.3, -0.25) is 0 Å². The van der Waals surface area contributed by atoms with Crippen LogP contribution < -0.4 is 10.6 Å². The van der Waals surface area contributed by atoms with Crippen LogP contribution in [0, 0.1) is 17.5 Å². The molecule has 1 atom stereocenters. The maximum atomic E-state index is 14.9. The summed E-state index contributed by atoms with van der Waals surface area (Å²) in [7, 11) is -4.12. The van der Waals surface area contributed by atoms with E-state index in [1.165, 1.54) is 30.3 Å². The molecule has 160 valence electrons. The molecule has 1 aliphatic rings. The van der Waals surface area contributed by atoms with E-state index in [9.17, 15) is 21.6 Å². The molecule has 0 aromatic heterocycles. The number of fused-ring (bicyclic) bond motifs is 1. The first-order chi connectivity index (χ1) is 14.8. The zero-order chi connectivity index (χ0) is 22.2. The monoisotopic (exact) mass is 445 g/mol. The molecule has 0 amide bonds. The molecule has 4 rings (SSSR count). The van der Waals surface area contributed by atoms with Crippen LogP contribution in [0.2, 0.25) is 0 Å². The summed E-state index contributed by atoms with van der Waals surface area (Å²) in [5.74, 6) is -2.46. The molecule has 2 N–H and O–H groups in total. The molecule has 0 bridgehead atoms. The van der Waals surface area contributed by atoms with Gasteiger partial charge in [-0.2, -0.15) is 8.42 Å². The molecule has 9 heteroatoms. The number of guanidine groups is 1. The minimum atomic E-state index is -4.12. The highest BCUT2D eigenvalue weighted by molar-refractivity contribution is 7.90. The van der Waals surface area contributed by atoms with E-state index in [4.69, 9.17) is 0 Å². The predicted molar refractivity (Wildman–Crippen MR) is 112 cm³/mol. The molecule has 3 aromatic carbocycles. The first-order valence-corrected chi connectivity index (χ1v) is 10.9. The molecule has 31 heavy (non-hydrogen) atoms. The van der Waals surface area contributed by atoms with Gasteiger partial charge in [0.2, 0.25) is 5.96 Å². The summed E-state index contributed by atoms with van der Waals surface area (Å²) in [6.07, 6.45) is 0. The van der Waals surface area contributed by atoms with Gasteiger partial charge < -0.3 is 10.6 Å². The zero-order valence-corrected chi connectivity index (χ0v) is 17.2. The van der Waals surface area contributed by atoms with Crippen LogP contribution in [-0.2, 0) is 16.6 Å². The predicted octanol–water partition coefficient (Wildman–Crippen LogP) is 4.52. The Morgan fingerprint density at radius 2 is 1.68 bits per heavy atom. The molecular formula is C22H18F3N3O2S. The summed E-state index contributed by atoms with van der Waals surface area (Å²) in [5.41, 5.74) is 0.945. The van der Waals surface area contributed by atoms with Crippen molar-refractivity contribution in [1.29, 1.82) is 0 Å². The van der Waals surface area contributed by atoms with Crippen LogP contribution in [0.15, 0.2) is 70.0 Å². The topological polar surface area (TPSA) is 70.6 Å². The molecule has 1 heterocycles. The van der Waals surface area contributed by atoms with Gasteiger partial charge in [0.05, 0.1) is 5.69 Å². The van der Waals surface area contributed by atoms with E-state index in [1.54, 1.807) is 25.1 Å². The molecule has 0 spiro atoms. The van der Waals surface area contributed by atoms with E-state index >= 15 is 0 Å². The largest absolute Gasteiger partial charge is 0.351 e. The summed E-state index contributed by atoms with van der Waals surface area (Å²) in [6, 6.07) is 13.8. The number of nitrogens with zero attached hydrogens (tertiary/aromatic N) is 1. The van der Waals surface area contributed by atoms with Crippen molar-refractivity contribution in [2.75, 3.05) is 5.32 Å². The number of halogens is 3. The summed E-state index contributed by atoms with van der Waals surface area (Å²) >= 11 is 0. The average Bonchev–Trinajstić information content (AvgIpc) is 2.72. The third kappa shape index (κ3) is 4.13. The highest BCUT2D eigenvalue weighted by Crippen LogP contribution is 2.39. The lowest BCUT2D eigenvalue weighted by atomic mass is 9.91. The van der Waals surface area contributed by atoms with Gasteiger partial charge in [-0.15, -0.1) is 4.40 Å². The van der Waals surface area contributed by atoms with E-state index < -0.39 is 33.4 Å². The number of hydrogen-bond acceptors (Lipinski definition) is 4. The summed E-state index contributed by atoms with van der Waals surface area (Å²) in [4.78, 5) is -0.195. The van der Waals surface area contributed by atoms with Crippen molar-refractivity contribution in [3.05, 3.63) is 94.8 Å². The van der Waals surface area contributed by atoms with Crippen LogP contribution in [0.25, 0.3) is 0 Å². The Bertz CT molecular complexity index is 1280. The van der Waals surface area contributed by atoms with Gasteiger partial charge in [-0.25, -0.2) is 13.2 Å². The number of rotatable bonds is 4. The summed E-state index contributed by atoms with van der Waals surface area (Å²) in [5, 5.41) is 5.67. The van der Waals surface area contributed by atoms with Crippen LogP contribution in [0.4, 0.5) is 18.9 Å². The van der Waals surface area contributed by atoms with Gasteiger partial charge in [0.1, 0.15) is 22.3 Å². The van der Waals surface area contributed by atoms with Crippen molar-refractivity contribution < 1.29 is 21.6 Å². The number of nitrogens with one attached hydrogen (secondary N) is 2. The molecule has 0 unspecified atom stereocenters. The third-order valence-electron chi connectivity index (χ3n) is 5.06. The Balaban J connectivity index is 1.71. The van der Waals surface area contributed by atoms with Crippen molar-refractivity contribution in [2.45, 2.75) is 24.3 Å². The van der Waals surface area contributed by atoms with Crippen LogP contribution in [-0.4, -0.2) is 14.4 Å². The van der Waals surface area contributed by atoms with E-state index in [2.05, 4.69) is 15.0 Å². The minimum Gasteiger partial charge on any atom is -0.351 e. The standard InChI is InChI=1S/C22H18F3N3O2S/c1-13(16-4-2-3-5-17(16)24)20-18(25)10-11-19-21(20)27-22(28-31(19,29)30)26-12-14-6-8-15(23)9-7-14/h2-11,13H,12H2,1H3,(H2,26,27,28)/t13-/m1/s1. The van der Waals surface area contributed by atoms with Crippen molar-refractivity contribution in [1.82, 2.24) is 5.32 Å². The molecule has 0 saturated carbocycles. The SMILES string of the molecule is C[C@H](c1ccccc1F)c1c(F)ccc2c1NC(NCc1ccc(F)cc1)=NS2(=O)=O. The minimum absolute atomic E-state index is 0.00681. The molecule has 0 fully saturated rings. The second-order valence-electron chi connectivity index (χ2n) is 7.10. The van der Waals surface area contributed by atoms with E-state index in [1.807, 2.05) is 0 Å². The van der Waals surface area contributed by atoms with E-state index in [0.29, 0.717) is 5.56 Å². The lowest BCUT2D eigenvalue weighted by Crippen LogP contribution is -2.35. The molecular weight excluding hydrogens is 427 g/mol. The quantitative estimate of drug-likeness (QED) is 0.620. The van der Waals surface area contributed by atoms with Crippen molar-refractivity contribution in [3.63, 3.8) is 0 Å². The third-order valence-corrected chi connectivity index (χ3v) is 6.38. The van der Waals surface area contributed by atoms with Crippen LogP contribution >= 0.6 is 0 Å². The Morgan fingerprint density at radius 3 is 2.39 bits per heavy atom. The van der Waals surface area contributed by atoms with Gasteiger partial charge in [0.25, 0.3) is 10.0 Å². The van der Waals surface area contributed by atoms with Gasteiger partial charge in [0.15, 0.2) is 0 Å². The molecule has 0 saturated heterocycles. The van der Waals surface area contributed by atoms with Crippen LogP contribution in [0.3, 0.4) is 0 Å². The second-order valence-corrected chi connectivity index (χ2v) is 8.67. The van der Waals surface area contributed by atoms with Gasteiger partial charge in [-0.1, -0.05) is 37.3 Å². The van der Waals surface area contributed by atoms with Crippen LogP contribution in [0.5, 0.6) is 0 Å². The number of hydrogen-bond donors (Lipinski definition) is 2. The summed E-state index contributed by atoms with van der Waals surface area (Å²) < 4.78 is 71.4. The van der Waals surface area contributed by atoms with Crippen molar-refractivity contribution in [2.24, 2.45) is 4.40 Å². The lowest BCUT2D eigenvalue weighted by molar-refractivity contribution is 0.578. The number of anilines is 1. The smallest absolute Gasteiger partial charge is 0.287 e. The molecule has 5 nitrogen and oxygen atoms in total. The molecule has 0 radical (unpaired) electrons. The molecule has 0 aliphatic carbocycles. The lowest BCUT2D eigenvalue weighted by Gasteiger charge is -2.25. The molecule has 1 aliphatic heterocycles. The van der Waals surface area contributed by atoms with Gasteiger partial charge in [0, 0.05) is 18.0 Å². The van der Waals surface area contributed by atoms with E-state index in [-0.39, 0.29) is 34.2 Å². The fourth-order valence-electron chi connectivity index (χ4n) is 3.50. The fraction of sp³-hybridized carbons (Fsp3) is 0.136. The van der Waals surface area contributed by atoms with Gasteiger partial charge >= 0.3 is 0 Å². The normalized spacial score (nSPS) is 15.4. The van der Waals surface area contributed by atoms with Crippen molar-refractivity contribution in [3.8, 4) is 0 Å². The molecule has 3 aromatic rings. The first-order valence-electron chi connectivity index (χ1n) is 9.43. The zero-order valence-electron chi connectivity index (χ0n) is 16.4. The Morgan fingerprint density at radius 1 is 0.968 bits per heavy atom. The van der Waals surface area contributed by atoms with Crippen LogP contribution in [0.1, 0.15) is 29.5 Å².